The lowest BCUT2D eigenvalue weighted by molar-refractivity contribution is 0.0996. The minimum atomic E-state index is -0.723. The smallest absolute Gasteiger partial charge is 0.271 e. The van der Waals surface area contributed by atoms with E-state index in [0.717, 1.165) is 40.0 Å². The summed E-state index contributed by atoms with van der Waals surface area (Å²) >= 11 is 1.51. The lowest BCUT2D eigenvalue weighted by Crippen LogP contribution is -2.17. The SMILES string of the molecule is C=C1N(C)CC[C@@]1(C)C#Cc1cc(-c2cnc(N)c(C(N)=O)n2)c2ncsc2c1. The molecule has 4 rings (SSSR count). The molecule has 1 saturated heterocycles. The Bertz CT molecular complexity index is 1220. The van der Waals surface area contributed by atoms with Crippen molar-refractivity contribution >= 4 is 33.3 Å². The molecule has 7 nitrogen and oxygen atoms in total. The van der Waals surface area contributed by atoms with Gasteiger partial charge in [0.15, 0.2) is 11.5 Å². The Morgan fingerprint density at radius 3 is 2.86 bits per heavy atom. The largest absolute Gasteiger partial charge is 0.382 e. The normalized spacial score (nSPS) is 18.7. The van der Waals surface area contributed by atoms with Gasteiger partial charge in [0, 0.05) is 30.4 Å². The number of allylic oxidation sites excluding steroid dienone is 1. The van der Waals surface area contributed by atoms with E-state index in [1.54, 1.807) is 5.51 Å². The van der Waals surface area contributed by atoms with Crippen molar-refractivity contribution in [3.05, 3.63) is 47.4 Å². The zero-order valence-corrected chi connectivity index (χ0v) is 17.0. The summed E-state index contributed by atoms with van der Waals surface area (Å²) in [6.07, 6.45) is 2.46. The van der Waals surface area contributed by atoms with Gasteiger partial charge >= 0.3 is 0 Å². The fourth-order valence-electron chi connectivity index (χ4n) is 3.38. The average molecular weight is 404 g/mol. The molecule has 4 N–H and O–H groups in total. The topological polar surface area (TPSA) is 111 Å². The standard InChI is InChI=1S/C21H20N6OS/c1-12-21(2,6-7-27(12)3)5-4-13-8-14(17-16(9-13)29-11-25-17)15-10-24-19(22)18(26-15)20(23)28/h8-11H,1,6-7H2,2-3H3,(H2,22,24)(H2,23,28)/t21-/m1/s1. The Morgan fingerprint density at radius 1 is 1.38 bits per heavy atom. The first-order valence-corrected chi connectivity index (χ1v) is 9.90. The molecule has 3 heterocycles. The molecule has 1 fully saturated rings. The summed E-state index contributed by atoms with van der Waals surface area (Å²) in [5, 5.41) is 0. The molecule has 0 spiro atoms. The molecule has 0 bridgehead atoms. The Labute approximate surface area is 172 Å². The maximum atomic E-state index is 11.6. The quantitative estimate of drug-likeness (QED) is 0.635. The summed E-state index contributed by atoms with van der Waals surface area (Å²) in [5.74, 6) is 5.97. The van der Waals surface area contributed by atoms with Gasteiger partial charge in [-0.15, -0.1) is 11.3 Å². The van der Waals surface area contributed by atoms with Gasteiger partial charge in [0.05, 0.1) is 33.0 Å². The highest BCUT2D eigenvalue weighted by Gasteiger charge is 2.34. The second-order valence-corrected chi connectivity index (χ2v) is 8.16. The van der Waals surface area contributed by atoms with E-state index in [9.17, 15) is 4.79 Å². The van der Waals surface area contributed by atoms with Crippen molar-refractivity contribution in [3.63, 3.8) is 0 Å². The number of nitrogen functional groups attached to an aromatic ring is 1. The van der Waals surface area contributed by atoms with Crippen LogP contribution < -0.4 is 11.5 Å². The predicted molar refractivity (Wildman–Crippen MR) is 115 cm³/mol. The second-order valence-electron chi connectivity index (χ2n) is 7.28. The minimum Gasteiger partial charge on any atom is -0.382 e. The van der Waals surface area contributed by atoms with Crippen molar-refractivity contribution in [2.24, 2.45) is 11.1 Å². The number of benzene rings is 1. The highest BCUT2D eigenvalue weighted by Crippen LogP contribution is 2.37. The van der Waals surface area contributed by atoms with Crippen LogP contribution in [0.1, 0.15) is 29.4 Å². The van der Waals surface area contributed by atoms with Crippen LogP contribution in [-0.4, -0.2) is 39.4 Å². The highest BCUT2D eigenvalue weighted by molar-refractivity contribution is 7.16. The van der Waals surface area contributed by atoms with E-state index in [1.165, 1.54) is 17.5 Å². The molecule has 1 atom stereocenters. The number of nitrogens with zero attached hydrogens (tertiary/aromatic N) is 4. The van der Waals surface area contributed by atoms with E-state index in [4.69, 9.17) is 11.5 Å². The van der Waals surface area contributed by atoms with Crippen molar-refractivity contribution in [3.8, 4) is 23.1 Å². The van der Waals surface area contributed by atoms with Crippen molar-refractivity contribution < 1.29 is 4.79 Å². The van der Waals surface area contributed by atoms with Crippen LogP contribution in [0.4, 0.5) is 5.82 Å². The van der Waals surface area contributed by atoms with Crippen molar-refractivity contribution in [1.29, 1.82) is 0 Å². The molecule has 1 aliphatic heterocycles. The van der Waals surface area contributed by atoms with Gasteiger partial charge in [-0.2, -0.15) is 0 Å². The zero-order valence-electron chi connectivity index (χ0n) is 16.2. The molecule has 0 radical (unpaired) electrons. The number of hydrogen-bond acceptors (Lipinski definition) is 7. The van der Waals surface area contributed by atoms with E-state index >= 15 is 0 Å². The number of amides is 1. The first-order chi connectivity index (χ1) is 13.8. The van der Waals surface area contributed by atoms with Crippen LogP contribution in [0.5, 0.6) is 0 Å². The van der Waals surface area contributed by atoms with Crippen LogP contribution in [0.15, 0.2) is 36.1 Å². The lowest BCUT2D eigenvalue weighted by Gasteiger charge is -2.20. The number of carbonyl (C=O) groups excluding carboxylic acids is 1. The molecule has 1 aromatic carbocycles. The molecule has 0 aliphatic carbocycles. The maximum Gasteiger partial charge on any atom is 0.271 e. The molecule has 8 heteroatoms. The van der Waals surface area contributed by atoms with Crippen LogP contribution >= 0.6 is 11.3 Å². The van der Waals surface area contributed by atoms with Crippen LogP contribution in [0.25, 0.3) is 21.5 Å². The molecule has 146 valence electrons. The number of likely N-dealkylation sites (tertiary alicyclic amines) is 1. The molecule has 1 amide bonds. The molecule has 1 aliphatic rings. The number of fused-ring (bicyclic) bond motifs is 1. The first kappa shape index (κ1) is 18.9. The first-order valence-electron chi connectivity index (χ1n) is 9.02. The monoisotopic (exact) mass is 404 g/mol. The minimum absolute atomic E-state index is 0.00325. The average Bonchev–Trinajstić information content (AvgIpc) is 3.27. The number of thiazole rings is 1. The van der Waals surface area contributed by atoms with Crippen LogP contribution in [0.3, 0.4) is 0 Å². The molecular weight excluding hydrogens is 384 g/mol. The number of carbonyl (C=O) groups is 1. The van der Waals surface area contributed by atoms with E-state index in [-0.39, 0.29) is 16.9 Å². The predicted octanol–water partition coefficient (Wildman–Crippen LogP) is 2.64. The Balaban J connectivity index is 1.83. The van der Waals surface area contributed by atoms with Gasteiger partial charge in [0.1, 0.15) is 0 Å². The molecule has 0 unspecified atom stereocenters. The lowest BCUT2D eigenvalue weighted by atomic mass is 9.87. The number of aromatic nitrogens is 3. The van der Waals surface area contributed by atoms with Gasteiger partial charge in [0.2, 0.25) is 0 Å². The summed E-state index contributed by atoms with van der Waals surface area (Å²) in [7, 11) is 2.03. The number of rotatable bonds is 2. The van der Waals surface area contributed by atoms with Gasteiger partial charge < -0.3 is 16.4 Å². The molecule has 0 saturated carbocycles. The number of hydrogen-bond donors (Lipinski definition) is 2. The van der Waals surface area contributed by atoms with Crippen molar-refractivity contribution in [2.75, 3.05) is 19.3 Å². The van der Waals surface area contributed by atoms with Gasteiger partial charge in [-0.1, -0.05) is 18.4 Å². The summed E-state index contributed by atoms with van der Waals surface area (Å²) in [6, 6.07) is 3.92. The van der Waals surface area contributed by atoms with Crippen LogP contribution in [0.2, 0.25) is 0 Å². The van der Waals surface area contributed by atoms with E-state index in [0.29, 0.717) is 5.69 Å². The maximum absolute atomic E-state index is 11.6. The van der Waals surface area contributed by atoms with Gasteiger partial charge in [-0.05, 0) is 25.5 Å². The molecule has 29 heavy (non-hydrogen) atoms. The number of anilines is 1. The van der Waals surface area contributed by atoms with Gasteiger partial charge in [-0.25, -0.2) is 15.0 Å². The summed E-state index contributed by atoms with van der Waals surface area (Å²) in [5.41, 5.74) is 16.4. The highest BCUT2D eigenvalue weighted by atomic mass is 32.1. The van der Waals surface area contributed by atoms with Gasteiger partial charge in [-0.3, -0.25) is 4.79 Å². The van der Waals surface area contributed by atoms with Crippen LogP contribution in [0, 0.1) is 17.3 Å². The Morgan fingerprint density at radius 2 is 2.17 bits per heavy atom. The van der Waals surface area contributed by atoms with Gasteiger partial charge in [0.25, 0.3) is 5.91 Å². The fraction of sp³-hybridized carbons (Fsp3) is 0.238. The number of nitrogens with two attached hydrogens (primary N) is 2. The van der Waals surface area contributed by atoms with Crippen molar-refractivity contribution in [2.45, 2.75) is 13.3 Å². The fourth-order valence-corrected chi connectivity index (χ4v) is 4.12. The number of primary amides is 1. The van der Waals surface area contributed by atoms with Crippen LogP contribution in [-0.2, 0) is 0 Å². The van der Waals surface area contributed by atoms with E-state index in [1.807, 2.05) is 19.2 Å². The third kappa shape index (κ3) is 3.30. The van der Waals surface area contributed by atoms with Crippen molar-refractivity contribution in [1.82, 2.24) is 19.9 Å². The molecular formula is C21H20N6OS. The van der Waals surface area contributed by atoms with E-state index in [2.05, 4.69) is 45.2 Å². The third-order valence-corrected chi connectivity index (χ3v) is 6.05. The third-order valence-electron chi connectivity index (χ3n) is 5.27. The zero-order chi connectivity index (χ0) is 20.8. The summed E-state index contributed by atoms with van der Waals surface area (Å²) in [4.78, 5) is 26.6. The summed E-state index contributed by atoms with van der Waals surface area (Å²) in [6.45, 7) is 7.24. The Hall–Kier alpha value is -3.44. The molecule has 3 aromatic rings. The Kier molecular flexibility index (Phi) is 4.47. The van der Waals surface area contributed by atoms with E-state index < -0.39 is 5.91 Å². The second kappa shape index (κ2) is 6.87. The summed E-state index contributed by atoms with van der Waals surface area (Å²) < 4.78 is 0.971. The molecule has 2 aromatic heterocycles.